The molecule has 7 nitrogen and oxygen atoms in total. The molecular formula is C16H25N3O4. The maximum Gasteiger partial charge on any atom is 0.274 e. The molecule has 2 heterocycles. The van der Waals surface area contributed by atoms with Crippen molar-refractivity contribution in [3.63, 3.8) is 0 Å². The lowest BCUT2D eigenvalue weighted by atomic mass is 9.71. The Balaban J connectivity index is 1.73. The Morgan fingerprint density at radius 3 is 2.70 bits per heavy atom. The Labute approximate surface area is 135 Å². The summed E-state index contributed by atoms with van der Waals surface area (Å²) in [5.41, 5.74) is 0.615. The monoisotopic (exact) mass is 323 g/mol. The number of rotatable bonds is 5. The lowest BCUT2D eigenvalue weighted by Gasteiger charge is -2.43. The molecule has 1 aliphatic carbocycles. The van der Waals surface area contributed by atoms with Gasteiger partial charge in [0, 0.05) is 6.04 Å². The average molecular weight is 323 g/mol. The van der Waals surface area contributed by atoms with Gasteiger partial charge in [0.25, 0.3) is 5.91 Å². The topological polar surface area (TPSA) is 108 Å². The second kappa shape index (κ2) is 6.98. The molecule has 4 N–H and O–H groups in total. The number of aliphatic hydroxyl groups excluding tert-OH is 2. The number of nitrogens with zero attached hydrogens (tertiary/aromatic N) is 1. The van der Waals surface area contributed by atoms with E-state index >= 15 is 0 Å². The van der Waals surface area contributed by atoms with Gasteiger partial charge in [0.15, 0.2) is 5.69 Å². The highest BCUT2D eigenvalue weighted by atomic mass is 16.5. The first-order valence-corrected chi connectivity index (χ1v) is 8.35. The van der Waals surface area contributed by atoms with Crippen molar-refractivity contribution in [3.05, 3.63) is 17.0 Å². The van der Waals surface area contributed by atoms with E-state index in [4.69, 9.17) is 4.52 Å². The Hall–Kier alpha value is -1.44. The van der Waals surface area contributed by atoms with Crippen LogP contribution in [0.3, 0.4) is 0 Å². The van der Waals surface area contributed by atoms with E-state index in [2.05, 4.69) is 15.8 Å². The third-order valence-electron chi connectivity index (χ3n) is 5.20. The Morgan fingerprint density at radius 2 is 2.09 bits per heavy atom. The van der Waals surface area contributed by atoms with E-state index in [0.717, 1.165) is 38.8 Å². The molecule has 7 heteroatoms. The first kappa shape index (κ1) is 16.4. The van der Waals surface area contributed by atoms with E-state index in [0.29, 0.717) is 23.2 Å². The summed E-state index contributed by atoms with van der Waals surface area (Å²) in [6.45, 7) is 3.33. The highest BCUT2D eigenvalue weighted by Crippen LogP contribution is 2.36. The van der Waals surface area contributed by atoms with Crippen LogP contribution < -0.4 is 10.6 Å². The van der Waals surface area contributed by atoms with E-state index in [1.165, 1.54) is 0 Å². The van der Waals surface area contributed by atoms with E-state index in [1.807, 2.05) is 0 Å². The molecule has 2 aliphatic rings. The highest BCUT2D eigenvalue weighted by Gasteiger charge is 2.39. The van der Waals surface area contributed by atoms with E-state index in [1.54, 1.807) is 6.92 Å². The third kappa shape index (κ3) is 3.41. The van der Waals surface area contributed by atoms with Crippen LogP contribution in [-0.2, 0) is 6.61 Å². The van der Waals surface area contributed by atoms with Crippen molar-refractivity contribution in [2.24, 2.45) is 11.8 Å². The van der Waals surface area contributed by atoms with Crippen LogP contribution in [-0.4, -0.2) is 46.5 Å². The van der Waals surface area contributed by atoms with Gasteiger partial charge in [0.1, 0.15) is 5.76 Å². The minimum atomic E-state index is -0.296. The van der Waals surface area contributed by atoms with Crippen molar-refractivity contribution < 1.29 is 19.5 Å². The van der Waals surface area contributed by atoms with Crippen molar-refractivity contribution in [3.8, 4) is 0 Å². The normalized spacial score (nSPS) is 26.6. The van der Waals surface area contributed by atoms with Crippen LogP contribution in [0.15, 0.2) is 4.52 Å². The van der Waals surface area contributed by atoms with E-state index in [-0.39, 0.29) is 30.4 Å². The van der Waals surface area contributed by atoms with Gasteiger partial charge in [0.2, 0.25) is 0 Å². The average Bonchev–Trinajstić information content (AvgIpc) is 2.91. The Bertz CT molecular complexity index is 548. The van der Waals surface area contributed by atoms with Gasteiger partial charge in [-0.25, -0.2) is 0 Å². The lowest BCUT2D eigenvalue weighted by Crippen LogP contribution is -2.53. The maximum absolute atomic E-state index is 12.6. The van der Waals surface area contributed by atoms with Gasteiger partial charge in [-0.05, 0) is 57.5 Å². The summed E-state index contributed by atoms with van der Waals surface area (Å²) in [5, 5.41) is 29.3. The molecule has 0 aromatic carbocycles. The van der Waals surface area contributed by atoms with Gasteiger partial charge in [0.05, 0.1) is 18.3 Å². The number of piperidine rings is 1. The molecule has 0 spiro atoms. The highest BCUT2D eigenvalue weighted by molar-refractivity contribution is 5.94. The van der Waals surface area contributed by atoms with Crippen LogP contribution in [0.2, 0.25) is 0 Å². The molecule has 1 saturated heterocycles. The SMILES string of the molecule is Cc1onc(C(=O)N[C@@H](C2CCNCC2)C2CC(O)C2)c1CO. The third-order valence-corrected chi connectivity index (χ3v) is 5.20. The fraction of sp³-hybridized carbons (Fsp3) is 0.750. The number of nitrogens with one attached hydrogen (secondary N) is 2. The molecule has 1 saturated carbocycles. The number of hydrogen-bond donors (Lipinski definition) is 4. The van der Waals surface area contributed by atoms with Crippen molar-refractivity contribution in [2.45, 2.75) is 51.4 Å². The van der Waals surface area contributed by atoms with Crippen LogP contribution in [0.5, 0.6) is 0 Å². The molecule has 2 fully saturated rings. The van der Waals surface area contributed by atoms with Gasteiger partial charge in [-0.1, -0.05) is 5.16 Å². The first-order valence-electron chi connectivity index (χ1n) is 8.35. The molecule has 0 unspecified atom stereocenters. The minimum Gasteiger partial charge on any atom is -0.393 e. The zero-order valence-corrected chi connectivity index (χ0v) is 13.4. The van der Waals surface area contributed by atoms with Crippen molar-refractivity contribution in [1.82, 2.24) is 15.8 Å². The van der Waals surface area contributed by atoms with Crippen molar-refractivity contribution >= 4 is 5.91 Å². The summed E-state index contributed by atoms with van der Waals surface area (Å²) in [6.07, 6.45) is 3.26. The van der Waals surface area contributed by atoms with E-state index in [9.17, 15) is 15.0 Å². The molecule has 0 bridgehead atoms. The van der Waals surface area contributed by atoms with Crippen LogP contribution in [0.25, 0.3) is 0 Å². The summed E-state index contributed by atoms with van der Waals surface area (Å²) in [5.74, 6) is 0.886. The van der Waals surface area contributed by atoms with Crippen molar-refractivity contribution in [1.29, 1.82) is 0 Å². The summed E-state index contributed by atoms with van der Waals surface area (Å²) in [6, 6.07) is 0.0385. The predicted molar refractivity (Wildman–Crippen MR) is 82.7 cm³/mol. The molecule has 1 atom stereocenters. The van der Waals surface area contributed by atoms with Crippen LogP contribution >= 0.6 is 0 Å². The molecule has 3 rings (SSSR count). The van der Waals surface area contributed by atoms with E-state index < -0.39 is 0 Å². The molecule has 1 aliphatic heterocycles. The fourth-order valence-corrected chi connectivity index (χ4v) is 3.72. The molecule has 23 heavy (non-hydrogen) atoms. The van der Waals surface area contributed by atoms with Gasteiger partial charge >= 0.3 is 0 Å². The number of carbonyl (C=O) groups excluding carboxylic acids is 1. The number of amides is 1. The summed E-state index contributed by atoms with van der Waals surface area (Å²) in [7, 11) is 0. The van der Waals surface area contributed by atoms with Gasteiger partial charge in [-0.15, -0.1) is 0 Å². The predicted octanol–water partition coefficient (Wildman–Crippen LogP) is 0.344. The summed E-state index contributed by atoms with van der Waals surface area (Å²) >= 11 is 0. The largest absolute Gasteiger partial charge is 0.393 e. The second-order valence-corrected chi connectivity index (χ2v) is 6.70. The number of hydrogen-bond acceptors (Lipinski definition) is 6. The molecule has 1 aromatic rings. The van der Waals surface area contributed by atoms with Gasteiger partial charge in [-0.3, -0.25) is 4.79 Å². The maximum atomic E-state index is 12.6. The Kier molecular flexibility index (Phi) is 4.99. The lowest BCUT2D eigenvalue weighted by molar-refractivity contribution is 0.00907. The number of aliphatic hydroxyl groups is 2. The van der Waals surface area contributed by atoms with Crippen LogP contribution in [0, 0.1) is 18.8 Å². The smallest absolute Gasteiger partial charge is 0.274 e. The van der Waals surface area contributed by atoms with Gasteiger partial charge < -0.3 is 25.4 Å². The molecule has 128 valence electrons. The first-order chi connectivity index (χ1) is 11.1. The van der Waals surface area contributed by atoms with Crippen molar-refractivity contribution in [2.75, 3.05) is 13.1 Å². The molecule has 0 radical (unpaired) electrons. The molecule has 1 aromatic heterocycles. The number of carbonyl (C=O) groups is 1. The molecular weight excluding hydrogens is 298 g/mol. The number of aromatic nitrogens is 1. The van der Waals surface area contributed by atoms with Crippen LogP contribution in [0.4, 0.5) is 0 Å². The quantitative estimate of drug-likeness (QED) is 0.622. The number of aryl methyl sites for hydroxylation is 1. The molecule has 1 amide bonds. The Morgan fingerprint density at radius 1 is 1.39 bits per heavy atom. The standard InChI is InChI=1S/C16H25N3O4/c1-9-13(8-20)15(19-23-9)16(22)18-14(11-6-12(21)7-11)10-2-4-17-5-3-10/h10-12,14,17,20-21H,2-8H2,1H3,(H,18,22)/t11?,12?,14-/m0/s1. The zero-order chi connectivity index (χ0) is 16.4. The summed E-state index contributed by atoms with van der Waals surface area (Å²) in [4.78, 5) is 12.6. The van der Waals surface area contributed by atoms with Gasteiger partial charge in [-0.2, -0.15) is 0 Å². The second-order valence-electron chi connectivity index (χ2n) is 6.70. The fourth-order valence-electron chi connectivity index (χ4n) is 3.72. The zero-order valence-electron chi connectivity index (χ0n) is 13.4. The minimum absolute atomic E-state index is 0.0385. The summed E-state index contributed by atoms with van der Waals surface area (Å²) < 4.78 is 5.03. The van der Waals surface area contributed by atoms with Crippen LogP contribution in [0.1, 0.15) is 47.5 Å².